The number of aryl methyl sites for hydroxylation is 2. The van der Waals surface area contributed by atoms with Crippen molar-refractivity contribution in [3.8, 4) is 5.69 Å². The molecule has 0 unspecified atom stereocenters. The Hall–Kier alpha value is -3.07. The van der Waals surface area contributed by atoms with E-state index in [1.54, 1.807) is 21.9 Å². The van der Waals surface area contributed by atoms with Gasteiger partial charge < -0.3 is 14.2 Å². The molecule has 3 heterocycles. The number of hydrogen-bond donors (Lipinski definition) is 0. The minimum Gasteiger partial charge on any atom is -0.459 e. The molecule has 30 heavy (non-hydrogen) atoms. The third-order valence-electron chi connectivity index (χ3n) is 5.03. The number of thioether (sulfide) groups is 1. The Kier molecular flexibility index (Phi) is 5.89. The Labute approximate surface area is 178 Å². The van der Waals surface area contributed by atoms with Crippen LogP contribution >= 0.6 is 11.8 Å². The standard InChI is InChI=1S/C21H23N5O3S/c1-15-5-3-6-17(13-15)26-16(2)22-23-21(26)30-14-19(27)24-8-10-25(11-9-24)20(28)18-7-4-12-29-18/h3-7,12-13H,8-11,14H2,1-2H3. The summed E-state index contributed by atoms with van der Waals surface area (Å²) in [7, 11) is 0. The molecule has 0 radical (unpaired) electrons. The van der Waals surface area contributed by atoms with E-state index in [0.29, 0.717) is 37.1 Å². The summed E-state index contributed by atoms with van der Waals surface area (Å²) in [6.07, 6.45) is 1.49. The number of piperazine rings is 1. The summed E-state index contributed by atoms with van der Waals surface area (Å²) in [5.74, 6) is 1.28. The second-order valence-corrected chi connectivity index (χ2v) is 8.09. The summed E-state index contributed by atoms with van der Waals surface area (Å²) >= 11 is 1.38. The van der Waals surface area contributed by atoms with Crippen LogP contribution in [0, 0.1) is 13.8 Å². The van der Waals surface area contributed by atoms with Crippen LogP contribution in [0.1, 0.15) is 21.9 Å². The first-order valence-electron chi connectivity index (χ1n) is 9.75. The maximum absolute atomic E-state index is 12.7. The lowest BCUT2D eigenvalue weighted by atomic mass is 10.2. The van der Waals surface area contributed by atoms with Crippen LogP contribution in [-0.2, 0) is 4.79 Å². The molecule has 0 aliphatic carbocycles. The van der Waals surface area contributed by atoms with Gasteiger partial charge in [0.05, 0.1) is 12.0 Å². The number of carbonyl (C=O) groups is 2. The minimum atomic E-state index is -0.136. The average Bonchev–Trinajstić information content (AvgIpc) is 3.41. The summed E-state index contributed by atoms with van der Waals surface area (Å²) < 4.78 is 7.14. The summed E-state index contributed by atoms with van der Waals surface area (Å²) in [5.41, 5.74) is 2.13. The summed E-state index contributed by atoms with van der Waals surface area (Å²) in [6, 6.07) is 11.5. The number of hydrogen-bond acceptors (Lipinski definition) is 6. The van der Waals surface area contributed by atoms with Crippen LogP contribution < -0.4 is 0 Å². The second kappa shape index (κ2) is 8.74. The van der Waals surface area contributed by atoms with E-state index in [-0.39, 0.29) is 17.6 Å². The normalized spacial score (nSPS) is 14.2. The molecule has 4 rings (SSSR count). The Morgan fingerprint density at radius 3 is 2.50 bits per heavy atom. The van der Waals surface area contributed by atoms with Gasteiger partial charge in [0.2, 0.25) is 5.91 Å². The van der Waals surface area contributed by atoms with E-state index in [2.05, 4.69) is 16.3 Å². The average molecular weight is 426 g/mol. The van der Waals surface area contributed by atoms with E-state index in [1.807, 2.05) is 36.6 Å². The summed E-state index contributed by atoms with van der Waals surface area (Å²) in [5, 5.41) is 9.12. The second-order valence-electron chi connectivity index (χ2n) is 7.14. The van der Waals surface area contributed by atoms with Crippen LogP contribution in [0.4, 0.5) is 0 Å². The molecule has 1 aromatic carbocycles. The van der Waals surface area contributed by atoms with Crippen LogP contribution in [0.3, 0.4) is 0 Å². The predicted molar refractivity (Wildman–Crippen MR) is 113 cm³/mol. The first kappa shape index (κ1) is 20.2. The van der Waals surface area contributed by atoms with Crippen LogP contribution in [0.5, 0.6) is 0 Å². The van der Waals surface area contributed by atoms with Gasteiger partial charge in [0, 0.05) is 31.9 Å². The van der Waals surface area contributed by atoms with Gasteiger partial charge in [0.25, 0.3) is 5.91 Å². The van der Waals surface area contributed by atoms with Gasteiger partial charge in [-0.05, 0) is 43.7 Å². The van der Waals surface area contributed by atoms with E-state index in [0.717, 1.165) is 17.1 Å². The van der Waals surface area contributed by atoms with Crippen molar-refractivity contribution >= 4 is 23.6 Å². The van der Waals surface area contributed by atoms with E-state index in [4.69, 9.17) is 4.42 Å². The van der Waals surface area contributed by atoms with Crippen molar-refractivity contribution < 1.29 is 14.0 Å². The molecular weight excluding hydrogens is 402 g/mol. The molecule has 1 saturated heterocycles. The van der Waals surface area contributed by atoms with Crippen molar-refractivity contribution in [3.05, 3.63) is 59.8 Å². The number of aromatic nitrogens is 3. The quantitative estimate of drug-likeness (QED) is 0.584. The Bertz CT molecular complexity index is 1040. The third kappa shape index (κ3) is 4.25. The number of amides is 2. The predicted octanol–water partition coefficient (Wildman–Crippen LogP) is 2.55. The topological polar surface area (TPSA) is 84.5 Å². The molecule has 8 nitrogen and oxygen atoms in total. The maximum Gasteiger partial charge on any atom is 0.289 e. The van der Waals surface area contributed by atoms with Crippen molar-refractivity contribution in [3.63, 3.8) is 0 Å². The maximum atomic E-state index is 12.7. The lowest BCUT2D eigenvalue weighted by molar-refractivity contribution is -0.129. The molecule has 2 aromatic heterocycles. The van der Waals surface area contributed by atoms with Crippen molar-refractivity contribution in [2.24, 2.45) is 0 Å². The molecule has 1 aliphatic heterocycles. The fourth-order valence-corrected chi connectivity index (χ4v) is 4.33. The highest BCUT2D eigenvalue weighted by Crippen LogP contribution is 2.23. The molecule has 9 heteroatoms. The highest BCUT2D eigenvalue weighted by molar-refractivity contribution is 7.99. The van der Waals surface area contributed by atoms with Gasteiger partial charge >= 0.3 is 0 Å². The van der Waals surface area contributed by atoms with Crippen LogP contribution in [-0.4, -0.2) is 68.3 Å². The number of rotatable bonds is 5. The van der Waals surface area contributed by atoms with Crippen molar-refractivity contribution in [2.75, 3.05) is 31.9 Å². The Morgan fingerprint density at radius 2 is 1.80 bits per heavy atom. The molecule has 0 spiro atoms. The van der Waals surface area contributed by atoms with E-state index < -0.39 is 0 Å². The molecule has 156 valence electrons. The lowest BCUT2D eigenvalue weighted by Crippen LogP contribution is -2.51. The highest BCUT2D eigenvalue weighted by Gasteiger charge is 2.26. The number of carbonyl (C=O) groups excluding carboxylic acids is 2. The van der Waals surface area contributed by atoms with Gasteiger partial charge in [-0.2, -0.15) is 0 Å². The summed E-state index contributed by atoms with van der Waals surface area (Å²) in [4.78, 5) is 28.6. The molecule has 0 N–H and O–H groups in total. The number of nitrogens with zero attached hydrogens (tertiary/aromatic N) is 5. The fraction of sp³-hybridized carbons (Fsp3) is 0.333. The van der Waals surface area contributed by atoms with Crippen molar-refractivity contribution in [1.82, 2.24) is 24.6 Å². The smallest absolute Gasteiger partial charge is 0.289 e. The molecule has 0 saturated carbocycles. The van der Waals surface area contributed by atoms with Crippen molar-refractivity contribution in [1.29, 1.82) is 0 Å². The van der Waals surface area contributed by atoms with Gasteiger partial charge in [-0.15, -0.1) is 10.2 Å². The first-order chi connectivity index (χ1) is 14.5. The fourth-order valence-electron chi connectivity index (χ4n) is 3.43. The number of furan rings is 1. The van der Waals surface area contributed by atoms with Crippen LogP contribution in [0.25, 0.3) is 5.69 Å². The van der Waals surface area contributed by atoms with E-state index in [9.17, 15) is 9.59 Å². The van der Waals surface area contributed by atoms with Crippen molar-refractivity contribution in [2.45, 2.75) is 19.0 Å². The van der Waals surface area contributed by atoms with Gasteiger partial charge in [0.1, 0.15) is 5.82 Å². The monoisotopic (exact) mass is 425 g/mol. The molecule has 0 bridgehead atoms. The zero-order valence-electron chi connectivity index (χ0n) is 16.9. The molecule has 1 aliphatic rings. The van der Waals surface area contributed by atoms with Crippen LogP contribution in [0.2, 0.25) is 0 Å². The zero-order chi connectivity index (χ0) is 21.1. The molecule has 3 aromatic rings. The largest absolute Gasteiger partial charge is 0.459 e. The zero-order valence-corrected chi connectivity index (χ0v) is 17.8. The van der Waals surface area contributed by atoms with E-state index in [1.165, 1.54) is 18.0 Å². The van der Waals surface area contributed by atoms with Gasteiger partial charge in [0.15, 0.2) is 10.9 Å². The molecule has 1 fully saturated rings. The molecular formula is C21H23N5O3S. The summed E-state index contributed by atoms with van der Waals surface area (Å²) in [6.45, 7) is 5.94. The Morgan fingerprint density at radius 1 is 1.03 bits per heavy atom. The van der Waals surface area contributed by atoms with Gasteiger partial charge in [-0.1, -0.05) is 23.9 Å². The molecule has 0 atom stereocenters. The first-order valence-corrected chi connectivity index (χ1v) is 10.7. The Balaban J connectivity index is 1.35. The lowest BCUT2D eigenvalue weighted by Gasteiger charge is -2.34. The van der Waals surface area contributed by atoms with Gasteiger partial charge in [-0.3, -0.25) is 14.2 Å². The minimum absolute atomic E-state index is 0.0292. The SMILES string of the molecule is Cc1cccc(-n2c(C)nnc2SCC(=O)N2CCN(C(=O)c3ccco3)CC2)c1. The number of benzene rings is 1. The highest BCUT2D eigenvalue weighted by atomic mass is 32.2. The van der Waals surface area contributed by atoms with Crippen LogP contribution in [0.15, 0.2) is 52.2 Å². The van der Waals surface area contributed by atoms with E-state index >= 15 is 0 Å². The third-order valence-corrected chi connectivity index (χ3v) is 5.95. The molecule has 2 amide bonds. The van der Waals surface area contributed by atoms with Gasteiger partial charge in [-0.25, -0.2) is 0 Å².